The van der Waals surface area contributed by atoms with Crippen LogP contribution < -0.4 is 11.1 Å². The largest absolute Gasteiger partial charge is 0.504 e. The van der Waals surface area contributed by atoms with Gasteiger partial charge in [0.05, 0.1) is 17.5 Å². The van der Waals surface area contributed by atoms with E-state index in [0.29, 0.717) is 6.54 Å². The van der Waals surface area contributed by atoms with Crippen molar-refractivity contribution in [1.29, 1.82) is 0 Å². The fourth-order valence-corrected chi connectivity index (χ4v) is 6.20. The van der Waals surface area contributed by atoms with Gasteiger partial charge in [0, 0.05) is 18.0 Å². The summed E-state index contributed by atoms with van der Waals surface area (Å²) in [5.41, 5.74) is 2.63. The number of aromatic nitrogens is 1. The first-order valence-corrected chi connectivity index (χ1v) is 12.1. The predicted molar refractivity (Wildman–Crippen MR) is 127 cm³/mol. The Morgan fingerprint density at radius 3 is 2.44 bits per heavy atom. The Hall–Kier alpha value is -2.89. The third-order valence-corrected chi connectivity index (χ3v) is 7.87. The van der Waals surface area contributed by atoms with E-state index in [0.717, 1.165) is 0 Å². The zero-order valence-corrected chi connectivity index (χ0v) is 21.1. The number of nitrogens with zero attached hydrogens (tertiary/aromatic N) is 2. The molecule has 1 aromatic rings. The Labute approximate surface area is 212 Å². The molecular weight excluding hydrogens is 492 g/mol. The molecule has 1 amide bonds. The second-order valence-electron chi connectivity index (χ2n) is 10.5. The summed E-state index contributed by atoms with van der Waals surface area (Å²) in [6.45, 7) is 4.30. The second kappa shape index (κ2) is 8.89. The fourth-order valence-electron chi connectivity index (χ4n) is 5.94. The maximum atomic E-state index is 13.8. The third-order valence-electron chi connectivity index (χ3n) is 7.55. The van der Waals surface area contributed by atoms with Gasteiger partial charge in [-0.2, -0.15) is 0 Å². The number of Topliss-reactive ketones (excluding diaryl/α,β-unsaturated/α-hetero) is 4. The Morgan fingerprint density at radius 1 is 1.25 bits per heavy atom. The van der Waals surface area contributed by atoms with Crippen LogP contribution >= 0.6 is 11.6 Å². The Kier molecular flexibility index (Phi) is 6.47. The average molecular weight is 521 g/mol. The lowest BCUT2D eigenvalue weighted by molar-refractivity contribution is -0.181. The summed E-state index contributed by atoms with van der Waals surface area (Å²) in [6.07, 6.45) is 0.0179. The predicted octanol–water partition coefficient (Wildman–Crippen LogP) is -0.0167. The molecule has 4 rings (SSSR count). The van der Waals surface area contributed by atoms with Gasteiger partial charge in [0.2, 0.25) is 5.91 Å². The Morgan fingerprint density at radius 2 is 1.89 bits per heavy atom. The van der Waals surface area contributed by atoms with Crippen molar-refractivity contribution in [3.05, 3.63) is 16.3 Å². The number of carbonyl (C=O) groups is 5. The lowest BCUT2D eigenvalue weighted by Crippen LogP contribution is -2.74. The number of hydrogen-bond donors (Lipinski definition) is 4. The van der Waals surface area contributed by atoms with Crippen LogP contribution in [0.15, 0.2) is 0 Å². The molecule has 36 heavy (non-hydrogen) atoms. The number of rotatable bonds is 5. The van der Waals surface area contributed by atoms with Crippen LogP contribution in [0.2, 0.25) is 5.15 Å². The number of primary amides is 1. The van der Waals surface area contributed by atoms with Gasteiger partial charge >= 0.3 is 0 Å². The summed E-state index contributed by atoms with van der Waals surface area (Å²) in [5.74, 6) is -10.9. The maximum absolute atomic E-state index is 13.8. The smallest absolute Gasteiger partial charge is 0.235 e. The van der Waals surface area contributed by atoms with Gasteiger partial charge in [0.1, 0.15) is 5.15 Å². The number of nitrogens with one attached hydrogen (secondary N) is 1. The lowest BCUT2D eigenvalue weighted by Gasteiger charge is -2.52. The molecule has 2 unspecified atom stereocenters. The van der Waals surface area contributed by atoms with Crippen LogP contribution in [-0.4, -0.2) is 81.4 Å². The van der Waals surface area contributed by atoms with Crippen molar-refractivity contribution in [1.82, 2.24) is 9.88 Å². The lowest BCUT2D eigenvalue weighted by atomic mass is 9.52. The number of ketones is 4. The third kappa shape index (κ3) is 3.63. The first-order valence-electron chi connectivity index (χ1n) is 11.7. The molecule has 5 N–H and O–H groups in total. The fraction of sp³-hybridized carbons (Fsp3) is 0.583. The number of nitrogens with two attached hydrogens (primary N) is 1. The topological polar surface area (TPSA) is 180 Å². The number of halogens is 1. The number of aliphatic hydroxyl groups is 1. The van der Waals surface area contributed by atoms with E-state index in [1.165, 1.54) is 19.0 Å². The molecule has 0 radical (unpaired) electrons. The molecule has 1 heterocycles. The molecule has 0 spiro atoms. The molecule has 0 aliphatic heterocycles. The Balaban J connectivity index is 1.83. The van der Waals surface area contributed by atoms with Gasteiger partial charge in [-0.05, 0) is 38.8 Å². The molecular formula is C24H29ClN4O7. The van der Waals surface area contributed by atoms with E-state index in [2.05, 4.69) is 10.3 Å². The molecule has 3 aliphatic carbocycles. The summed E-state index contributed by atoms with van der Waals surface area (Å²) in [4.78, 5) is 71.4. The van der Waals surface area contributed by atoms with Crippen LogP contribution in [0.5, 0.6) is 5.75 Å². The summed E-state index contributed by atoms with van der Waals surface area (Å²) in [5, 5.41) is 25.4. The summed E-state index contributed by atoms with van der Waals surface area (Å²) < 4.78 is 0. The molecule has 0 bridgehead atoms. The van der Waals surface area contributed by atoms with Crippen molar-refractivity contribution in [3.8, 4) is 5.75 Å². The van der Waals surface area contributed by atoms with Crippen LogP contribution in [0, 0.1) is 29.6 Å². The minimum absolute atomic E-state index is 0.0112. The number of likely N-dealkylation sites (N-methyl/N-ethyl adjacent to an activating group) is 1. The molecule has 194 valence electrons. The van der Waals surface area contributed by atoms with E-state index in [1.807, 2.05) is 13.8 Å². The van der Waals surface area contributed by atoms with Crippen molar-refractivity contribution < 1.29 is 34.2 Å². The van der Waals surface area contributed by atoms with E-state index < -0.39 is 70.1 Å². The van der Waals surface area contributed by atoms with E-state index in [1.54, 1.807) is 0 Å². The maximum Gasteiger partial charge on any atom is 0.235 e. The van der Waals surface area contributed by atoms with Gasteiger partial charge in [-0.25, -0.2) is 4.98 Å². The van der Waals surface area contributed by atoms with Crippen LogP contribution in [0.3, 0.4) is 0 Å². The van der Waals surface area contributed by atoms with Crippen LogP contribution in [0.4, 0.5) is 5.82 Å². The molecule has 0 aromatic carbocycles. The normalized spacial score (nSPS) is 31.8. The minimum Gasteiger partial charge on any atom is -0.504 e. The molecule has 0 saturated heterocycles. The minimum atomic E-state index is -2.76. The number of fused-ring (bicyclic) bond motifs is 3. The molecule has 6 atom stereocenters. The first-order chi connectivity index (χ1) is 16.7. The zero-order chi connectivity index (χ0) is 26.9. The highest BCUT2D eigenvalue weighted by atomic mass is 35.5. The van der Waals surface area contributed by atoms with E-state index in [9.17, 15) is 34.2 Å². The zero-order valence-electron chi connectivity index (χ0n) is 20.4. The van der Waals surface area contributed by atoms with Gasteiger partial charge in [-0.3, -0.25) is 28.9 Å². The standard InChI is InChI=1S/C24H29ClN4O7/c1-8(2)7-27-23-18(32)13-10(21(25)28-23)5-9-6-11-15(29(3)4)17(31)14(22(26)35)20(34)24(11,36)19(33)12(9)16(13)30/h8-9,11-12,14-15,32,36H,5-7H2,1-4H3,(H2,26,35)(H,27,28)/t9-,11-,12?,14?,15-,24-/m0/s1. The number of pyridine rings is 1. The summed E-state index contributed by atoms with van der Waals surface area (Å²) in [7, 11) is 3.05. The molecule has 1 aromatic heterocycles. The molecule has 3 aliphatic rings. The molecule has 2 saturated carbocycles. The highest BCUT2D eigenvalue weighted by Crippen LogP contribution is 2.51. The first kappa shape index (κ1) is 26.2. The van der Waals surface area contributed by atoms with E-state index in [-0.39, 0.29) is 40.9 Å². The number of amides is 1. The van der Waals surface area contributed by atoms with Gasteiger partial charge in [-0.1, -0.05) is 25.4 Å². The van der Waals surface area contributed by atoms with Crippen molar-refractivity contribution in [2.24, 2.45) is 35.3 Å². The summed E-state index contributed by atoms with van der Waals surface area (Å²) in [6, 6.07) is -1.16. The Bertz CT molecular complexity index is 1200. The van der Waals surface area contributed by atoms with Gasteiger partial charge in [0.15, 0.2) is 46.2 Å². The molecule has 2 fully saturated rings. The highest BCUT2D eigenvalue weighted by molar-refractivity contribution is 6.34. The number of carbonyl (C=O) groups excluding carboxylic acids is 5. The number of anilines is 1. The van der Waals surface area contributed by atoms with Crippen molar-refractivity contribution in [2.45, 2.75) is 38.3 Å². The SMILES string of the molecule is CC(C)CNc1nc(Cl)c2c(c1O)C(=O)C1C(=O)[C@]3(O)C(=O)C(C(N)=O)C(=O)[C@@H](N(C)C)[C@@H]3C[C@@H]1C2. The summed E-state index contributed by atoms with van der Waals surface area (Å²) >= 11 is 6.40. The van der Waals surface area contributed by atoms with E-state index in [4.69, 9.17) is 17.3 Å². The van der Waals surface area contributed by atoms with Crippen LogP contribution in [0.1, 0.15) is 36.2 Å². The van der Waals surface area contributed by atoms with Gasteiger partial charge in [0.25, 0.3) is 0 Å². The highest BCUT2D eigenvalue weighted by Gasteiger charge is 2.69. The molecule has 11 nitrogen and oxygen atoms in total. The number of hydrogen-bond acceptors (Lipinski definition) is 10. The average Bonchev–Trinajstić information content (AvgIpc) is 2.77. The van der Waals surface area contributed by atoms with Gasteiger partial charge in [-0.15, -0.1) is 0 Å². The van der Waals surface area contributed by atoms with E-state index >= 15 is 0 Å². The van der Waals surface area contributed by atoms with Crippen molar-refractivity contribution in [2.75, 3.05) is 26.0 Å². The number of aromatic hydroxyl groups is 1. The second-order valence-corrected chi connectivity index (χ2v) is 10.9. The van der Waals surface area contributed by atoms with Gasteiger partial charge < -0.3 is 21.3 Å². The van der Waals surface area contributed by atoms with Crippen molar-refractivity contribution in [3.63, 3.8) is 0 Å². The monoisotopic (exact) mass is 520 g/mol. The van der Waals surface area contributed by atoms with Crippen LogP contribution in [-0.2, 0) is 25.6 Å². The quantitative estimate of drug-likeness (QED) is 0.304. The van der Waals surface area contributed by atoms with Crippen molar-refractivity contribution >= 4 is 46.5 Å². The molecule has 12 heteroatoms. The van der Waals surface area contributed by atoms with Crippen LogP contribution in [0.25, 0.3) is 0 Å².